The highest BCUT2D eigenvalue weighted by Gasteiger charge is 2.51. The lowest BCUT2D eigenvalue weighted by Gasteiger charge is -2.37. The highest BCUT2D eigenvalue weighted by molar-refractivity contribution is 6.30. The summed E-state index contributed by atoms with van der Waals surface area (Å²) in [7, 11) is 0. The van der Waals surface area contributed by atoms with Crippen LogP contribution in [0.5, 0.6) is 0 Å². The number of hydrogen-bond donors (Lipinski definition) is 1. The van der Waals surface area contributed by atoms with Gasteiger partial charge in [-0.25, -0.2) is 0 Å². The first-order valence-electron chi connectivity index (χ1n) is 9.56. The number of likely N-dealkylation sites (tertiary alicyclic amines) is 1. The molecule has 1 atom stereocenters. The Morgan fingerprint density at radius 1 is 1.04 bits per heavy atom. The summed E-state index contributed by atoms with van der Waals surface area (Å²) in [5.41, 5.74) is 1.13. The average molecular weight is 399 g/mol. The summed E-state index contributed by atoms with van der Waals surface area (Å²) in [6.07, 6.45) is 1.56. The number of ether oxygens (including phenoxy) is 1. The molecular weight excluding hydrogens is 376 g/mol. The zero-order chi connectivity index (χ0) is 19.6. The van der Waals surface area contributed by atoms with E-state index in [1.54, 1.807) is 24.3 Å². The van der Waals surface area contributed by atoms with Crippen LogP contribution in [0.2, 0.25) is 5.02 Å². The number of amides is 2. The molecule has 5 nitrogen and oxygen atoms in total. The molecule has 1 spiro atoms. The lowest BCUT2D eigenvalue weighted by Crippen LogP contribution is -2.42. The van der Waals surface area contributed by atoms with E-state index in [1.807, 2.05) is 35.2 Å². The van der Waals surface area contributed by atoms with Gasteiger partial charge >= 0.3 is 0 Å². The van der Waals surface area contributed by atoms with Crippen LogP contribution in [-0.2, 0) is 9.53 Å². The summed E-state index contributed by atoms with van der Waals surface area (Å²) < 4.78 is 5.55. The lowest BCUT2D eigenvalue weighted by molar-refractivity contribution is -0.124. The van der Waals surface area contributed by atoms with Crippen LogP contribution < -0.4 is 5.32 Å². The summed E-state index contributed by atoms with van der Waals surface area (Å²) in [5, 5.41) is 3.62. The van der Waals surface area contributed by atoms with E-state index in [2.05, 4.69) is 5.32 Å². The Morgan fingerprint density at radius 3 is 2.39 bits per heavy atom. The molecule has 1 N–H and O–H groups in total. The van der Waals surface area contributed by atoms with Crippen molar-refractivity contribution in [2.24, 2.45) is 11.3 Å². The Morgan fingerprint density at radius 2 is 1.71 bits per heavy atom. The van der Waals surface area contributed by atoms with E-state index in [0.29, 0.717) is 36.9 Å². The van der Waals surface area contributed by atoms with Gasteiger partial charge in [0.05, 0.1) is 5.92 Å². The molecule has 0 aliphatic carbocycles. The summed E-state index contributed by atoms with van der Waals surface area (Å²) in [6, 6.07) is 16.4. The van der Waals surface area contributed by atoms with Crippen LogP contribution >= 0.6 is 11.6 Å². The maximum Gasteiger partial charge on any atom is 0.253 e. The number of benzene rings is 2. The van der Waals surface area contributed by atoms with Crippen molar-refractivity contribution in [2.75, 3.05) is 31.6 Å². The molecule has 2 saturated heterocycles. The molecule has 4 rings (SSSR count). The third-order valence-electron chi connectivity index (χ3n) is 5.87. The lowest BCUT2D eigenvalue weighted by atomic mass is 9.71. The molecule has 2 fully saturated rings. The van der Waals surface area contributed by atoms with Crippen LogP contribution in [0.3, 0.4) is 0 Å². The maximum absolute atomic E-state index is 13.1. The summed E-state index contributed by atoms with van der Waals surface area (Å²) in [5.74, 6) is -0.343. The number of carbonyl (C=O) groups is 2. The van der Waals surface area contributed by atoms with Crippen molar-refractivity contribution in [3.8, 4) is 0 Å². The zero-order valence-corrected chi connectivity index (χ0v) is 16.3. The SMILES string of the molecule is O=C(Nc1ccccc1)C1CN(C(=O)c2ccc(Cl)cc2)CC12CCOCC2. The first-order valence-corrected chi connectivity index (χ1v) is 9.94. The van der Waals surface area contributed by atoms with Gasteiger partial charge in [0.1, 0.15) is 0 Å². The topological polar surface area (TPSA) is 58.6 Å². The van der Waals surface area contributed by atoms with Crippen molar-refractivity contribution in [1.82, 2.24) is 4.90 Å². The van der Waals surface area contributed by atoms with Crippen LogP contribution in [0.25, 0.3) is 0 Å². The number of halogens is 1. The van der Waals surface area contributed by atoms with Gasteiger partial charge in [-0.1, -0.05) is 29.8 Å². The van der Waals surface area contributed by atoms with Crippen LogP contribution in [0.1, 0.15) is 23.2 Å². The monoisotopic (exact) mass is 398 g/mol. The second-order valence-corrected chi connectivity index (χ2v) is 8.01. The van der Waals surface area contributed by atoms with Crippen LogP contribution in [-0.4, -0.2) is 43.0 Å². The van der Waals surface area contributed by atoms with Crippen molar-refractivity contribution in [3.63, 3.8) is 0 Å². The van der Waals surface area contributed by atoms with Crippen molar-refractivity contribution in [3.05, 3.63) is 65.2 Å². The second-order valence-electron chi connectivity index (χ2n) is 7.58. The molecule has 2 heterocycles. The number of hydrogen-bond acceptors (Lipinski definition) is 3. The Hall–Kier alpha value is -2.37. The molecule has 2 aromatic carbocycles. The van der Waals surface area contributed by atoms with Gasteiger partial charge in [0.25, 0.3) is 5.91 Å². The van der Waals surface area contributed by atoms with E-state index in [-0.39, 0.29) is 23.1 Å². The molecule has 0 radical (unpaired) electrons. The van der Waals surface area contributed by atoms with Gasteiger partial charge in [0.15, 0.2) is 0 Å². The fourth-order valence-corrected chi connectivity index (χ4v) is 4.42. The van der Waals surface area contributed by atoms with Gasteiger partial charge in [-0.15, -0.1) is 0 Å². The van der Waals surface area contributed by atoms with Gasteiger partial charge in [-0.2, -0.15) is 0 Å². The standard InChI is InChI=1S/C22H23ClN2O3/c23-17-8-6-16(7-9-17)21(27)25-14-19(22(15-25)10-12-28-13-11-22)20(26)24-18-4-2-1-3-5-18/h1-9,19H,10-15H2,(H,24,26). The maximum atomic E-state index is 13.1. The normalized spacial score (nSPS) is 20.9. The molecule has 0 saturated carbocycles. The number of nitrogens with one attached hydrogen (secondary N) is 1. The summed E-state index contributed by atoms with van der Waals surface area (Å²) >= 11 is 5.94. The minimum Gasteiger partial charge on any atom is -0.381 e. The number of nitrogens with zero attached hydrogens (tertiary/aromatic N) is 1. The average Bonchev–Trinajstić information content (AvgIpc) is 3.08. The molecular formula is C22H23ClN2O3. The predicted molar refractivity (Wildman–Crippen MR) is 108 cm³/mol. The van der Waals surface area contributed by atoms with E-state index >= 15 is 0 Å². The van der Waals surface area contributed by atoms with E-state index in [0.717, 1.165) is 18.5 Å². The largest absolute Gasteiger partial charge is 0.381 e. The Kier molecular flexibility index (Phi) is 5.38. The van der Waals surface area contributed by atoms with Crippen molar-refractivity contribution >= 4 is 29.1 Å². The number of carbonyl (C=O) groups excluding carboxylic acids is 2. The quantitative estimate of drug-likeness (QED) is 0.854. The molecule has 6 heteroatoms. The first kappa shape index (κ1) is 19.0. The third kappa shape index (κ3) is 3.77. The van der Waals surface area contributed by atoms with Gasteiger partial charge in [-0.05, 0) is 49.2 Å². The molecule has 146 valence electrons. The second kappa shape index (κ2) is 7.94. The zero-order valence-electron chi connectivity index (χ0n) is 15.6. The molecule has 0 bridgehead atoms. The fraction of sp³-hybridized carbons (Fsp3) is 0.364. The molecule has 0 aromatic heterocycles. The number of para-hydroxylation sites is 1. The van der Waals surface area contributed by atoms with E-state index in [1.165, 1.54) is 0 Å². The van der Waals surface area contributed by atoms with Gasteiger partial charge in [0, 0.05) is 48.0 Å². The molecule has 2 aromatic rings. The van der Waals surface area contributed by atoms with Crippen LogP contribution in [0.4, 0.5) is 5.69 Å². The molecule has 1 unspecified atom stereocenters. The first-order chi connectivity index (χ1) is 13.6. The van der Waals surface area contributed by atoms with Crippen LogP contribution in [0, 0.1) is 11.3 Å². The van der Waals surface area contributed by atoms with Gasteiger partial charge in [0.2, 0.25) is 5.91 Å². The highest BCUT2D eigenvalue weighted by Crippen LogP contribution is 2.45. The Labute approximate surface area is 169 Å². The van der Waals surface area contributed by atoms with E-state index < -0.39 is 0 Å². The minimum atomic E-state index is -0.257. The molecule has 28 heavy (non-hydrogen) atoms. The number of anilines is 1. The minimum absolute atomic E-state index is 0.0282. The third-order valence-corrected chi connectivity index (χ3v) is 6.12. The van der Waals surface area contributed by atoms with Crippen molar-refractivity contribution < 1.29 is 14.3 Å². The predicted octanol–water partition coefficient (Wildman–Crippen LogP) is 3.85. The molecule has 2 amide bonds. The van der Waals surface area contributed by atoms with Gasteiger partial charge < -0.3 is 15.0 Å². The fourth-order valence-electron chi connectivity index (χ4n) is 4.30. The molecule has 2 aliphatic rings. The summed E-state index contributed by atoms with van der Waals surface area (Å²) in [4.78, 5) is 28.0. The van der Waals surface area contributed by atoms with Crippen molar-refractivity contribution in [2.45, 2.75) is 12.8 Å². The molecule has 2 aliphatic heterocycles. The summed E-state index contributed by atoms with van der Waals surface area (Å²) in [6.45, 7) is 2.24. The smallest absolute Gasteiger partial charge is 0.253 e. The van der Waals surface area contributed by atoms with E-state index in [9.17, 15) is 9.59 Å². The number of rotatable bonds is 3. The highest BCUT2D eigenvalue weighted by atomic mass is 35.5. The van der Waals surface area contributed by atoms with Gasteiger partial charge in [-0.3, -0.25) is 9.59 Å². The van der Waals surface area contributed by atoms with Crippen LogP contribution in [0.15, 0.2) is 54.6 Å². The Bertz CT molecular complexity index is 848. The Balaban J connectivity index is 1.56. The van der Waals surface area contributed by atoms with Crippen molar-refractivity contribution in [1.29, 1.82) is 0 Å². The van der Waals surface area contributed by atoms with E-state index in [4.69, 9.17) is 16.3 Å².